The smallest absolute Gasteiger partial charge is 0.277 e. The Balaban J connectivity index is 2.38. The summed E-state index contributed by atoms with van der Waals surface area (Å²) in [5, 5.41) is 21.9. The zero-order chi connectivity index (χ0) is 17.9. The van der Waals surface area contributed by atoms with E-state index in [1.165, 1.54) is 4.90 Å². The first-order valence-corrected chi connectivity index (χ1v) is 7.07. The number of benzene rings is 2. The molecule has 0 aliphatic rings. The molecular weight excluding hydrogens is 314 g/mol. The molecule has 0 heterocycles. The minimum absolute atomic E-state index is 0.0961. The van der Waals surface area contributed by atoms with Crippen molar-refractivity contribution in [3.8, 4) is 0 Å². The molecule has 0 fully saturated rings. The molecule has 1 atom stereocenters. The maximum atomic E-state index is 12.6. The molecule has 2 aromatic rings. The van der Waals surface area contributed by atoms with Crippen LogP contribution in [-0.2, 0) is 0 Å². The van der Waals surface area contributed by atoms with Crippen molar-refractivity contribution in [1.29, 1.82) is 0 Å². The molecule has 8 heteroatoms. The van der Waals surface area contributed by atoms with Crippen LogP contribution in [0, 0.1) is 20.2 Å². The maximum Gasteiger partial charge on any atom is 0.277 e. The van der Waals surface area contributed by atoms with Crippen molar-refractivity contribution in [2.45, 2.75) is 13.0 Å². The second-order valence-corrected chi connectivity index (χ2v) is 5.26. The highest BCUT2D eigenvalue weighted by Crippen LogP contribution is 2.26. The molecule has 0 bridgehead atoms. The maximum absolute atomic E-state index is 12.6. The van der Waals surface area contributed by atoms with E-state index in [2.05, 4.69) is 0 Å². The molecule has 1 unspecified atom stereocenters. The van der Waals surface area contributed by atoms with Gasteiger partial charge in [0, 0.05) is 19.2 Å². The Morgan fingerprint density at radius 2 is 1.50 bits per heavy atom. The highest BCUT2D eigenvalue weighted by molar-refractivity contribution is 5.95. The third-order valence-electron chi connectivity index (χ3n) is 3.75. The van der Waals surface area contributed by atoms with Gasteiger partial charge in [0.25, 0.3) is 17.3 Å². The average Bonchev–Trinajstić information content (AvgIpc) is 2.60. The molecule has 1 amide bonds. The lowest BCUT2D eigenvalue weighted by Crippen LogP contribution is -2.29. The van der Waals surface area contributed by atoms with Crippen LogP contribution in [-0.4, -0.2) is 27.7 Å². The summed E-state index contributed by atoms with van der Waals surface area (Å²) in [6, 6.07) is 11.9. The number of nitrogens with zero attached hydrogens (tertiary/aromatic N) is 3. The van der Waals surface area contributed by atoms with Crippen LogP contribution in [0.4, 0.5) is 11.4 Å². The van der Waals surface area contributed by atoms with E-state index in [4.69, 9.17) is 0 Å². The van der Waals surface area contributed by atoms with E-state index in [1.54, 1.807) is 14.0 Å². The molecule has 0 spiro atoms. The zero-order valence-corrected chi connectivity index (χ0v) is 13.1. The van der Waals surface area contributed by atoms with Gasteiger partial charge in [0.15, 0.2) is 0 Å². The predicted octanol–water partition coefficient (Wildman–Crippen LogP) is 3.34. The number of carbonyl (C=O) groups is 1. The fraction of sp³-hybridized carbons (Fsp3) is 0.188. The first kappa shape index (κ1) is 17.1. The van der Waals surface area contributed by atoms with Crippen molar-refractivity contribution in [2.75, 3.05) is 7.05 Å². The Bertz CT molecular complexity index is 759. The van der Waals surface area contributed by atoms with E-state index < -0.39 is 27.1 Å². The minimum atomic E-state index is -0.760. The molecule has 24 heavy (non-hydrogen) atoms. The lowest BCUT2D eigenvalue weighted by molar-refractivity contribution is -0.394. The number of hydrogen-bond acceptors (Lipinski definition) is 5. The summed E-state index contributed by atoms with van der Waals surface area (Å²) in [6.07, 6.45) is 0. The monoisotopic (exact) mass is 329 g/mol. The van der Waals surface area contributed by atoms with Gasteiger partial charge in [-0.3, -0.25) is 25.0 Å². The quantitative estimate of drug-likeness (QED) is 0.617. The first-order valence-electron chi connectivity index (χ1n) is 7.07. The highest BCUT2D eigenvalue weighted by atomic mass is 16.6. The van der Waals surface area contributed by atoms with Crippen LogP contribution in [0.15, 0.2) is 48.5 Å². The van der Waals surface area contributed by atoms with Crippen LogP contribution in [0.3, 0.4) is 0 Å². The third-order valence-corrected chi connectivity index (χ3v) is 3.75. The highest BCUT2D eigenvalue weighted by Gasteiger charge is 2.24. The number of carbonyl (C=O) groups excluding carboxylic acids is 1. The van der Waals surface area contributed by atoms with Gasteiger partial charge >= 0.3 is 0 Å². The summed E-state index contributed by atoms with van der Waals surface area (Å²) in [5.74, 6) is -0.529. The average molecular weight is 329 g/mol. The van der Waals surface area contributed by atoms with Crippen LogP contribution in [0.25, 0.3) is 0 Å². The molecule has 2 aromatic carbocycles. The van der Waals surface area contributed by atoms with Gasteiger partial charge in [-0.1, -0.05) is 30.3 Å². The third kappa shape index (κ3) is 3.54. The number of non-ortho nitro benzene ring substituents is 2. The Kier molecular flexibility index (Phi) is 4.88. The number of nitro groups is 2. The van der Waals surface area contributed by atoms with Gasteiger partial charge in [-0.15, -0.1) is 0 Å². The first-order chi connectivity index (χ1) is 11.3. The topological polar surface area (TPSA) is 107 Å². The fourth-order valence-electron chi connectivity index (χ4n) is 2.26. The van der Waals surface area contributed by atoms with E-state index in [0.717, 1.165) is 23.8 Å². The Morgan fingerprint density at radius 3 is 1.96 bits per heavy atom. The van der Waals surface area contributed by atoms with Gasteiger partial charge in [0.2, 0.25) is 0 Å². The molecule has 0 N–H and O–H groups in total. The van der Waals surface area contributed by atoms with Crippen molar-refractivity contribution >= 4 is 17.3 Å². The zero-order valence-electron chi connectivity index (χ0n) is 13.1. The summed E-state index contributed by atoms with van der Waals surface area (Å²) < 4.78 is 0. The molecule has 0 saturated carbocycles. The van der Waals surface area contributed by atoms with Gasteiger partial charge in [0.05, 0.1) is 27.5 Å². The van der Waals surface area contributed by atoms with Gasteiger partial charge in [-0.05, 0) is 12.5 Å². The van der Waals surface area contributed by atoms with Crippen LogP contribution in [0.1, 0.15) is 28.9 Å². The molecule has 0 saturated heterocycles. The lowest BCUT2D eigenvalue weighted by atomic mass is 10.1. The lowest BCUT2D eigenvalue weighted by Gasteiger charge is -2.25. The van der Waals surface area contributed by atoms with Crippen LogP contribution in [0.5, 0.6) is 0 Å². The fourth-order valence-corrected chi connectivity index (χ4v) is 2.26. The van der Waals surface area contributed by atoms with E-state index in [-0.39, 0.29) is 11.6 Å². The molecule has 8 nitrogen and oxygen atoms in total. The predicted molar refractivity (Wildman–Crippen MR) is 86.7 cm³/mol. The summed E-state index contributed by atoms with van der Waals surface area (Å²) in [4.78, 5) is 34.3. The van der Waals surface area contributed by atoms with Crippen molar-refractivity contribution in [2.24, 2.45) is 0 Å². The van der Waals surface area contributed by atoms with Crippen LogP contribution >= 0.6 is 0 Å². The van der Waals surface area contributed by atoms with Crippen LogP contribution in [0.2, 0.25) is 0 Å². The summed E-state index contributed by atoms with van der Waals surface area (Å²) in [5.41, 5.74) is -0.198. The molecule has 2 rings (SSSR count). The van der Waals surface area contributed by atoms with Crippen molar-refractivity contribution in [1.82, 2.24) is 4.90 Å². The number of rotatable bonds is 5. The SMILES string of the molecule is CC(c1ccccc1)N(C)C(=O)c1cc([N+](=O)[O-])cc([N+](=O)[O-])c1. The Labute approximate surface area is 137 Å². The van der Waals surface area contributed by atoms with E-state index in [0.29, 0.717) is 0 Å². The Morgan fingerprint density at radius 1 is 1.00 bits per heavy atom. The Hall–Kier alpha value is -3.29. The van der Waals surface area contributed by atoms with E-state index in [1.807, 2.05) is 30.3 Å². The van der Waals surface area contributed by atoms with Crippen molar-refractivity contribution < 1.29 is 14.6 Å². The number of hydrogen-bond donors (Lipinski definition) is 0. The molecule has 124 valence electrons. The summed E-state index contributed by atoms with van der Waals surface area (Å²) >= 11 is 0. The normalized spacial score (nSPS) is 11.6. The largest absolute Gasteiger partial charge is 0.335 e. The second-order valence-electron chi connectivity index (χ2n) is 5.26. The van der Waals surface area contributed by atoms with Crippen molar-refractivity contribution in [3.63, 3.8) is 0 Å². The van der Waals surface area contributed by atoms with Gasteiger partial charge in [-0.2, -0.15) is 0 Å². The molecule has 0 radical (unpaired) electrons. The van der Waals surface area contributed by atoms with Crippen LogP contribution < -0.4 is 0 Å². The van der Waals surface area contributed by atoms with E-state index >= 15 is 0 Å². The second kappa shape index (κ2) is 6.86. The summed E-state index contributed by atoms with van der Waals surface area (Å²) in [7, 11) is 1.55. The molecular formula is C16H15N3O5. The molecule has 0 aliphatic carbocycles. The van der Waals surface area contributed by atoms with Gasteiger partial charge < -0.3 is 4.90 Å². The van der Waals surface area contributed by atoms with Gasteiger partial charge in [-0.25, -0.2) is 0 Å². The van der Waals surface area contributed by atoms with Crippen molar-refractivity contribution in [3.05, 3.63) is 79.9 Å². The standard InChI is InChI=1S/C16H15N3O5/c1-11(12-6-4-3-5-7-12)17(2)16(20)13-8-14(18(21)22)10-15(9-13)19(23)24/h3-11H,1-2H3. The molecule has 0 aliphatic heterocycles. The van der Waals surface area contributed by atoms with Gasteiger partial charge in [0.1, 0.15) is 0 Å². The number of nitro benzene ring substituents is 2. The minimum Gasteiger partial charge on any atom is -0.335 e. The van der Waals surface area contributed by atoms with E-state index in [9.17, 15) is 25.0 Å². The molecule has 0 aromatic heterocycles. The number of amides is 1. The summed E-state index contributed by atoms with van der Waals surface area (Å²) in [6.45, 7) is 1.80.